The van der Waals surface area contributed by atoms with Crippen LogP contribution in [0.1, 0.15) is 11.3 Å². The number of thioether (sulfide) groups is 1. The van der Waals surface area contributed by atoms with Crippen LogP contribution >= 0.6 is 34.7 Å². The number of benzene rings is 1. The van der Waals surface area contributed by atoms with Crippen LogP contribution in [-0.2, 0) is 11.3 Å². The molecule has 0 aliphatic heterocycles. The van der Waals surface area contributed by atoms with Crippen LogP contribution in [0.15, 0.2) is 46.9 Å². The molecule has 0 fully saturated rings. The Balaban J connectivity index is 1.49. The summed E-state index contributed by atoms with van der Waals surface area (Å²) >= 11 is 8.86. The monoisotopic (exact) mass is 405 g/mol. The molecular weight excluding hydrogens is 390 g/mol. The molecule has 1 aromatic carbocycles. The fourth-order valence-electron chi connectivity index (χ4n) is 2.05. The first-order valence-corrected chi connectivity index (χ1v) is 9.95. The van der Waals surface area contributed by atoms with Crippen LogP contribution in [0.3, 0.4) is 0 Å². The normalized spacial score (nSPS) is 10.5. The first-order valence-electron chi connectivity index (χ1n) is 7.77. The van der Waals surface area contributed by atoms with Crippen LogP contribution in [0.5, 0.6) is 0 Å². The molecule has 0 spiro atoms. The highest BCUT2D eigenvalue weighted by atomic mass is 35.5. The molecule has 3 rings (SSSR count). The molecule has 134 valence electrons. The number of amides is 1. The molecule has 0 saturated heterocycles. The highest BCUT2D eigenvalue weighted by Gasteiger charge is 2.10. The maximum atomic E-state index is 11.9. The van der Waals surface area contributed by atoms with Gasteiger partial charge in [-0.25, -0.2) is 0 Å². The van der Waals surface area contributed by atoms with Crippen LogP contribution in [0.2, 0.25) is 5.02 Å². The van der Waals surface area contributed by atoms with Gasteiger partial charge in [0.1, 0.15) is 0 Å². The van der Waals surface area contributed by atoms with Crippen molar-refractivity contribution in [2.45, 2.75) is 17.8 Å². The van der Waals surface area contributed by atoms with E-state index in [9.17, 15) is 4.79 Å². The summed E-state index contributed by atoms with van der Waals surface area (Å²) in [6.45, 7) is 2.35. The lowest BCUT2D eigenvalue weighted by molar-refractivity contribution is -0.118. The maximum absolute atomic E-state index is 11.9. The van der Waals surface area contributed by atoms with Gasteiger partial charge in [0, 0.05) is 16.9 Å². The van der Waals surface area contributed by atoms with Crippen molar-refractivity contribution in [2.75, 3.05) is 11.1 Å². The van der Waals surface area contributed by atoms with Crippen molar-refractivity contribution < 1.29 is 4.79 Å². The molecule has 2 aromatic heterocycles. The Morgan fingerprint density at radius 3 is 2.92 bits per heavy atom. The molecule has 0 aliphatic rings. The second-order valence-corrected chi connectivity index (χ2v) is 7.90. The molecule has 9 heteroatoms. The third kappa shape index (κ3) is 5.17. The van der Waals surface area contributed by atoms with Gasteiger partial charge in [0.25, 0.3) is 0 Å². The number of pyridine rings is 1. The van der Waals surface area contributed by atoms with Gasteiger partial charge >= 0.3 is 0 Å². The van der Waals surface area contributed by atoms with Crippen molar-refractivity contribution in [3.05, 3.63) is 58.9 Å². The Morgan fingerprint density at radius 2 is 2.12 bits per heavy atom. The minimum atomic E-state index is -0.0731. The molecular formula is C17H16ClN5OS2. The van der Waals surface area contributed by atoms with E-state index in [1.807, 2.05) is 43.3 Å². The van der Waals surface area contributed by atoms with Gasteiger partial charge < -0.3 is 10.6 Å². The van der Waals surface area contributed by atoms with Crippen molar-refractivity contribution in [1.82, 2.24) is 20.5 Å². The Kier molecular flexibility index (Phi) is 6.43. The molecule has 2 N–H and O–H groups in total. The van der Waals surface area contributed by atoms with E-state index < -0.39 is 0 Å². The third-order valence-electron chi connectivity index (χ3n) is 3.44. The zero-order valence-electron chi connectivity index (χ0n) is 13.9. The van der Waals surface area contributed by atoms with E-state index in [4.69, 9.17) is 11.6 Å². The van der Waals surface area contributed by atoms with Crippen LogP contribution in [0.25, 0.3) is 0 Å². The van der Waals surface area contributed by atoms with E-state index in [2.05, 4.69) is 25.8 Å². The zero-order valence-corrected chi connectivity index (χ0v) is 16.3. The number of rotatable bonds is 7. The first kappa shape index (κ1) is 18.6. The SMILES string of the molecule is Cc1c(Cl)cccc1Nc1nnc(SCC(=O)NCc2ccccn2)s1. The lowest BCUT2D eigenvalue weighted by Crippen LogP contribution is -2.24. The van der Waals surface area contributed by atoms with Crippen LogP contribution in [0, 0.1) is 6.92 Å². The van der Waals surface area contributed by atoms with E-state index in [-0.39, 0.29) is 11.7 Å². The van der Waals surface area contributed by atoms with Gasteiger partial charge in [-0.3, -0.25) is 9.78 Å². The quantitative estimate of drug-likeness (QED) is 0.577. The molecule has 26 heavy (non-hydrogen) atoms. The predicted octanol–water partition coefficient (Wildman–Crippen LogP) is 4.05. The minimum Gasteiger partial charge on any atom is -0.350 e. The Labute approximate surface area is 164 Å². The molecule has 0 radical (unpaired) electrons. The smallest absolute Gasteiger partial charge is 0.230 e. The van der Waals surface area contributed by atoms with Crippen molar-refractivity contribution in [3.8, 4) is 0 Å². The van der Waals surface area contributed by atoms with Crippen molar-refractivity contribution in [2.24, 2.45) is 0 Å². The Morgan fingerprint density at radius 1 is 1.23 bits per heavy atom. The molecule has 6 nitrogen and oxygen atoms in total. The topological polar surface area (TPSA) is 79.8 Å². The molecule has 0 unspecified atom stereocenters. The number of nitrogens with zero attached hydrogens (tertiary/aromatic N) is 3. The lowest BCUT2D eigenvalue weighted by atomic mass is 10.2. The number of carbonyl (C=O) groups is 1. The number of carbonyl (C=O) groups excluding carboxylic acids is 1. The van der Waals surface area contributed by atoms with E-state index in [0.29, 0.717) is 16.7 Å². The average molecular weight is 406 g/mol. The Hall–Kier alpha value is -2.16. The first-order chi connectivity index (χ1) is 12.6. The molecule has 1 amide bonds. The number of hydrogen-bond donors (Lipinski definition) is 2. The summed E-state index contributed by atoms with van der Waals surface area (Å²) in [7, 11) is 0. The van der Waals surface area contributed by atoms with Crippen LogP contribution < -0.4 is 10.6 Å². The van der Waals surface area contributed by atoms with Crippen LogP contribution in [0.4, 0.5) is 10.8 Å². The van der Waals surface area contributed by atoms with E-state index >= 15 is 0 Å². The van der Waals surface area contributed by atoms with Crippen molar-refractivity contribution >= 4 is 51.4 Å². The number of aromatic nitrogens is 3. The summed E-state index contributed by atoms with van der Waals surface area (Å²) in [5, 5.41) is 15.6. The number of anilines is 2. The Bertz CT molecular complexity index is 888. The van der Waals surface area contributed by atoms with Gasteiger partial charge in [-0.2, -0.15) is 0 Å². The predicted molar refractivity (Wildman–Crippen MR) is 106 cm³/mol. The highest BCUT2D eigenvalue weighted by molar-refractivity contribution is 8.01. The van der Waals surface area contributed by atoms with Gasteiger partial charge in [0.15, 0.2) is 4.34 Å². The molecule has 0 atom stereocenters. The maximum Gasteiger partial charge on any atom is 0.230 e. The summed E-state index contributed by atoms with van der Waals surface area (Å²) < 4.78 is 0.722. The number of hydrogen-bond acceptors (Lipinski definition) is 7. The number of halogens is 1. The van der Waals surface area contributed by atoms with Gasteiger partial charge in [0.2, 0.25) is 11.0 Å². The molecule has 3 aromatic rings. The van der Waals surface area contributed by atoms with Gasteiger partial charge in [-0.05, 0) is 36.8 Å². The standard InChI is InChI=1S/C17H16ClN5OS2/c1-11-13(18)6-4-7-14(11)21-16-22-23-17(26-16)25-10-15(24)20-9-12-5-2-3-8-19-12/h2-8H,9-10H2,1H3,(H,20,24)(H,21,22). The largest absolute Gasteiger partial charge is 0.350 e. The van der Waals surface area contributed by atoms with E-state index in [1.165, 1.54) is 23.1 Å². The summed E-state index contributed by atoms with van der Waals surface area (Å²) in [6.07, 6.45) is 1.70. The van der Waals surface area contributed by atoms with Crippen LogP contribution in [-0.4, -0.2) is 26.8 Å². The van der Waals surface area contributed by atoms with Gasteiger partial charge in [-0.15, -0.1) is 10.2 Å². The zero-order chi connectivity index (χ0) is 18.4. The minimum absolute atomic E-state index is 0.0731. The molecule has 2 heterocycles. The fourth-order valence-corrected chi connectivity index (χ4v) is 3.82. The van der Waals surface area contributed by atoms with Gasteiger partial charge in [-0.1, -0.05) is 46.8 Å². The highest BCUT2D eigenvalue weighted by Crippen LogP contribution is 2.30. The second kappa shape index (κ2) is 8.98. The summed E-state index contributed by atoms with van der Waals surface area (Å²) in [5.74, 6) is 0.202. The summed E-state index contributed by atoms with van der Waals surface area (Å²) in [6, 6.07) is 11.2. The third-order valence-corrected chi connectivity index (χ3v) is 5.82. The summed E-state index contributed by atoms with van der Waals surface area (Å²) in [4.78, 5) is 16.1. The van der Waals surface area contributed by atoms with Gasteiger partial charge in [0.05, 0.1) is 18.0 Å². The van der Waals surface area contributed by atoms with E-state index in [0.717, 1.165) is 21.3 Å². The number of nitrogens with one attached hydrogen (secondary N) is 2. The van der Waals surface area contributed by atoms with Crippen molar-refractivity contribution in [1.29, 1.82) is 0 Å². The summed E-state index contributed by atoms with van der Waals surface area (Å²) in [5.41, 5.74) is 2.66. The average Bonchev–Trinajstić information content (AvgIpc) is 3.10. The fraction of sp³-hybridized carbons (Fsp3) is 0.176. The molecule has 0 saturated carbocycles. The lowest BCUT2D eigenvalue weighted by Gasteiger charge is -2.06. The molecule has 0 bridgehead atoms. The van der Waals surface area contributed by atoms with E-state index in [1.54, 1.807) is 6.20 Å². The van der Waals surface area contributed by atoms with Crippen molar-refractivity contribution in [3.63, 3.8) is 0 Å². The second-order valence-electron chi connectivity index (χ2n) is 5.30. The molecule has 0 aliphatic carbocycles.